The number of likely N-dealkylation sites (N-methyl/N-ethyl adjacent to an activating group) is 1. The number of carbonyl (C=O) groups is 1. The fraction of sp³-hybridized carbons (Fsp3) is 0.917. The molecule has 0 aromatic heterocycles. The van der Waals surface area contributed by atoms with Gasteiger partial charge in [0.15, 0.2) is 0 Å². The summed E-state index contributed by atoms with van der Waals surface area (Å²) in [5, 5.41) is 9.73. The Hall–Kier alpha value is -0.610. The third kappa shape index (κ3) is 6.08. The smallest absolute Gasteiger partial charge is 0.323 e. The second-order valence-corrected chi connectivity index (χ2v) is 4.72. The molecule has 96 valence electrons. The molecule has 0 bridgehead atoms. The monoisotopic (exact) mass is 231 g/mol. The third-order valence-corrected chi connectivity index (χ3v) is 2.33. The quantitative estimate of drug-likeness (QED) is 0.673. The van der Waals surface area contributed by atoms with E-state index in [1.54, 1.807) is 13.8 Å². The summed E-state index contributed by atoms with van der Waals surface area (Å²) in [6.07, 6.45) is 0.829. The predicted octanol–water partition coefficient (Wildman–Crippen LogP) is 1.42. The van der Waals surface area contributed by atoms with Gasteiger partial charge in [-0.15, -0.1) is 0 Å². The Morgan fingerprint density at radius 2 is 2.00 bits per heavy atom. The van der Waals surface area contributed by atoms with Crippen LogP contribution in [0.4, 0.5) is 0 Å². The van der Waals surface area contributed by atoms with E-state index in [1.165, 1.54) is 0 Å². The lowest BCUT2D eigenvalue weighted by molar-refractivity contribution is -0.150. The lowest BCUT2D eigenvalue weighted by Gasteiger charge is -2.31. The highest BCUT2D eigenvalue weighted by atomic mass is 16.5. The van der Waals surface area contributed by atoms with E-state index in [0.29, 0.717) is 19.7 Å². The average molecular weight is 231 g/mol. The lowest BCUT2D eigenvalue weighted by Crippen LogP contribution is -2.47. The van der Waals surface area contributed by atoms with Crippen molar-refractivity contribution in [2.24, 2.45) is 0 Å². The summed E-state index contributed by atoms with van der Waals surface area (Å²) in [5.74, 6) is -0.215. The van der Waals surface area contributed by atoms with Gasteiger partial charge in [-0.1, -0.05) is 13.8 Å². The summed E-state index contributed by atoms with van der Waals surface area (Å²) in [6, 6.07) is -0.303. The van der Waals surface area contributed by atoms with Crippen LogP contribution in [0.15, 0.2) is 0 Å². The van der Waals surface area contributed by atoms with E-state index >= 15 is 0 Å². The summed E-state index contributed by atoms with van der Waals surface area (Å²) in [6.45, 7) is 10.9. The first-order valence-electron chi connectivity index (χ1n) is 5.94. The molecular formula is C12H25NO3. The van der Waals surface area contributed by atoms with Crippen molar-refractivity contribution in [3.8, 4) is 0 Å². The maximum atomic E-state index is 11.6. The summed E-state index contributed by atoms with van der Waals surface area (Å²) in [5.41, 5.74) is -0.796. The predicted molar refractivity (Wildman–Crippen MR) is 64.3 cm³/mol. The third-order valence-electron chi connectivity index (χ3n) is 2.33. The summed E-state index contributed by atoms with van der Waals surface area (Å²) in [4.78, 5) is 13.6. The van der Waals surface area contributed by atoms with Gasteiger partial charge in [-0.3, -0.25) is 9.69 Å². The van der Waals surface area contributed by atoms with Crippen molar-refractivity contribution in [1.29, 1.82) is 0 Å². The van der Waals surface area contributed by atoms with Crippen LogP contribution in [0, 0.1) is 0 Å². The van der Waals surface area contributed by atoms with E-state index in [1.807, 2.05) is 25.7 Å². The molecule has 0 aliphatic rings. The van der Waals surface area contributed by atoms with Gasteiger partial charge in [0, 0.05) is 6.54 Å². The molecular weight excluding hydrogens is 206 g/mol. The molecule has 0 amide bonds. The largest absolute Gasteiger partial charge is 0.465 e. The fourth-order valence-electron chi connectivity index (χ4n) is 1.49. The Bertz CT molecular complexity index is 211. The summed E-state index contributed by atoms with van der Waals surface area (Å²) >= 11 is 0. The zero-order chi connectivity index (χ0) is 12.8. The minimum absolute atomic E-state index is 0.215. The first-order valence-corrected chi connectivity index (χ1v) is 5.94. The maximum Gasteiger partial charge on any atom is 0.323 e. The Kier molecular flexibility index (Phi) is 6.60. The topological polar surface area (TPSA) is 49.8 Å². The molecule has 4 heteroatoms. The second-order valence-electron chi connectivity index (χ2n) is 4.72. The molecule has 0 spiro atoms. The molecule has 0 aliphatic carbocycles. The van der Waals surface area contributed by atoms with E-state index in [-0.39, 0.29) is 12.0 Å². The van der Waals surface area contributed by atoms with Crippen molar-refractivity contribution in [3.05, 3.63) is 0 Å². The van der Waals surface area contributed by atoms with Crippen molar-refractivity contribution in [1.82, 2.24) is 4.90 Å². The Morgan fingerprint density at radius 1 is 1.44 bits per heavy atom. The molecule has 0 radical (unpaired) electrons. The zero-order valence-electron chi connectivity index (χ0n) is 11.1. The van der Waals surface area contributed by atoms with Crippen LogP contribution in [0.25, 0.3) is 0 Å². The maximum absolute atomic E-state index is 11.6. The van der Waals surface area contributed by atoms with Crippen molar-refractivity contribution in [2.45, 2.75) is 52.7 Å². The Morgan fingerprint density at radius 3 is 2.38 bits per heavy atom. The van der Waals surface area contributed by atoms with Crippen LogP contribution in [0.3, 0.4) is 0 Å². The average Bonchev–Trinajstić information content (AvgIpc) is 2.20. The van der Waals surface area contributed by atoms with Crippen LogP contribution in [-0.2, 0) is 9.53 Å². The minimum Gasteiger partial charge on any atom is -0.465 e. The van der Waals surface area contributed by atoms with Gasteiger partial charge in [0.2, 0.25) is 0 Å². The molecule has 0 aliphatic heterocycles. The van der Waals surface area contributed by atoms with Crippen LogP contribution in [0.5, 0.6) is 0 Å². The first kappa shape index (κ1) is 15.4. The molecule has 0 aromatic rings. The highest BCUT2D eigenvalue weighted by Gasteiger charge is 2.26. The number of nitrogens with zero attached hydrogens (tertiary/aromatic N) is 1. The number of hydrogen-bond acceptors (Lipinski definition) is 4. The van der Waals surface area contributed by atoms with Gasteiger partial charge in [0.25, 0.3) is 0 Å². The molecule has 0 aromatic carbocycles. The highest BCUT2D eigenvalue weighted by Crippen LogP contribution is 2.09. The molecule has 0 saturated carbocycles. The minimum atomic E-state index is -0.796. The zero-order valence-corrected chi connectivity index (χ0v) is 11.1. The lowest BCUT2D eigenvalue weighted by atomic mass is 10.1. The summed E-state index contributed by atoms with van der Waals surface area (Å²) in [7, 11) is 0. The molecule has 16 heavy (non-hydrogen) atoms. The second kappa shape index (κ2) is 6.86. The van der Waals surface area contributed by atoms with E-state index in [2.05, 4.69) is 0 Å². The Labute approximate surface area is 98.6 Å². The number of carbonyl (C=O) groups excluding carboxylic acids is 1. The molecule has 0 rings (SSSR count). The molecule has 0 saturated heterocycles. The standard InChI is InChI=1S/C12H25NO3/c1-6-8-16-11(14)10(3)13(7-2)9-12(4,5)15/h10,15H,6-9H2,1-5H3. The van der Waals surface area contributed by atoms with Crippen LogP contribution in [0.1, 0.15) is 41.0 Å². The number of esters is 1. The van der Waals surface area contributed by atoms with Crippen LogP contribution in [0.2, 0.25) is 0 Å². The highest BCUT2D eigenvalue weighted by molar-refractivity contribution is 5.75. The van der Waals surface area contributed by atoms with Crippen molar-refractivity contribution < 1.29 is 14.6 Å². The fourth-order valence-corrected chi connectivity index (χ4v) is 1.49. The SMILES string of the molecule is CCCOC(=O)C(C)N(CC)CC(C)(C)O. The molecule has 0 fully saturated rings. The van der Waals surface area contributed by atoms with E-state index < -0.39 is 5.60 Å². The first-order chi connectivity index (χ1) is 7.31. The van der Waals surface area contributed by atoms with Crippen LogP contribution in [-0.4, -0.2) is 47.3 Å². The van der Waals surface area contributed by atoms with Crippen molar-refractivity contribution in [3.63, 3.8) is 0 Å². The van der Waals surface area contributed by atoms with Gasteiger partial charge in [-0.25, -0.2) is 0 Å². The van der Waals surface area contributed by atoms with Crippen LogP contribution >= 0.6 is 0 Å². The van der Waals surface area contributed by atoms with Gasteiger partial charge in [0.1, 0.15) is 6.04 Å². The molecule has 1 atom stereocenters. The van der Waals surface area contributed by atoms with E-state index in [0.717, 1.165) is 6.42 Å². The van der Waals surface area contributed by atoms with Gasteiger partial charge >= 0.3 is 5.97 Å². The van der Waals surface area contributed by atoms with Crippen LogP contribution < -0.4 is 0 Å². The number of ether oxygens (including phenoxy) is 1. The molecule has 4 nitrogen and oxygen atoms in total. The summed E-state index contributed by atoms with van der Waals surface area (Å²) < 4.78 is 5.09. The molecule has 0 heterocycles. The van der Waals surface area contributed by atoms with Gasteiger partial charge in [-0.05, 0) is 33.7 Å². The molecule has 1 unspecified atom stereocenters. The van der Waals surface area contributed by atoms with E-state index in [4.69, 9.17) is 4.74 Å². The van der Waals surface area contributed by atoms with Gasteiger partial charge in [-0.2, -0.15) is 0 Å². The molecule has 1 N–H and O–H groups in total. The number of hydrogen-bond donors (Lipinski definition) is 1. The normalized spacial score (nSPS) is 13.9. The van der Waals surface area contributed by atoms with Crippen molar-refractivity contribution in [2.75, 3.05) is 19.7 Å². The van der Waals surface area contributed by atoms with Crippen molar-refractivity contribution >= 4 is 5.97 Å². The Balaban J connectivity index is 4.29. The van der Waals surface area contributed by atoms with E-state index in [9.17, 15) is 9.90 Å². The number of rotatable bonds is 7. The van der Waals surface area contributed by atoms with Gasteiger partial charge < -0.3 is 9.84 Å². The number of aliphatic hydroxyl groups is 1. The van der Waals surface area contributed by atoms with Gasteiger partial charge in [0.05, 0.1) is 12.2 Å².